The molecule has 0 fully saturated rings. The SMILES string of the molecule is CC(=O)N1CCc2ccc(OCc3ccc(C(=O)N(C)Cc4ccccc4)o3)cc2[C@@H]1c1ccccc1. The monoisotopic (exact) mass is 494 g/mol. The van der Waals surface area contributed by atoms with Crippen molar-refractivity contribution < 1.29 is 18.7 Å². The molecule has 1 aromatic heterocycles. The van der Waals surface area contributed by atoms with E-state index in [0.29, 0.717) is 24.6 Å². The van der Waals surface area contributed by atoms with Crippen LogP contribution in [0.25, 0.3) is 0 Å². The Morgan fingerprint density at radius 1 is 0.973 bits per heavy atom. The molecule has 1 aliphatic rings. The van der Waals surface area contributed by atoms with Crippen LogP contribution in [-0.2, 0) is 24.4 Å². The van der Waals surface area contributed by atoms with E-state index in [0.717, 1.165) is 23.1 Å². The normalized spacial score (nSPS) is 14.6. The second-order valence-electron chi connectivity index (χ2n) is 9.34. The smallest absolute Gasteiger partial charge is 0.289 e. The minimum Gasteiger partial charge on any atom is -0.486 e. The Balaban J connectivity index is 1.29. The topological polar surface area (TPSA) is 63.0 Å². The number of rotatable bonds is 7. The van der Waals surface area contributed by atoms with E-state index in [4.69, 9.17) is 9.15 Å². The summed E-state index contributed by atoms with van der Waals surface area (Å²) in [5, 5.41) is 0. The summed E-state index contributed by atoms with van der Waals surface area (Å²) < 4.78 is 11.9. The second kappa shape index (κ2) is 10.7. The van der Waals surface area contributed by atoms with Gasteiger partial charge in [0.2, 0.25) is 5.91 Å². The maximum Gasteiger partial charge on any atom is 0.289 e. The third-order valence-electron chi connectivity index (χ3n) is 6.73. The van der Waals surface area contributed by atoms with E-state index in [9.17, 15) is 9.59 Å². The Labute approximate surface area is 217 Å². The lowest BCUT2D eigenvalue weighted by atomic mass is 9.88. The first-order chi connectivity index (χ1) is 18.0. The Morgan fingerprint density at radius 2 is 1.70 bits per heavy atom. The Morgan fingerprint density at radius 3 is 2.43 bits per heavy atom. The number of furan rings is 1. The van der Waals surface area contributed by atoms with Crippen molar-refractivity contribution in [3.8, 4) is 5.75 Å². The van der Waals surface area contributed by atoms with Crippen LogP contribution in [-0.4, -0.2) is 35.2 Å². The predicted molar refractivity (Wildman–Crippen MR) is 141 cm³/mol. The van der Waals surface area contributed by atoms with Crippen LogP contribution in [0.1, 0.15) is 51.5 Å². The number of amides is 2. The fourth-order valence-electron chi connectivity index (χ4n) is 4.86. The van der Waals surface area contributed by atoms with Gasteiger partial charge in [-0.2, -0.15) is 0 Å². The molecule has 0 N–H and O–H groups in total. The van der Waals surface area contributed by atoms with Crippen molar-refractivity contribution in [1.29, 1.82) is 0 Å². The van der Waals surface area contributed by atoms with Gasteiger partial charge in [0.15, 0.2) is 5.76 Å². The van der Waals surface area contributed by atoms with Crippen LogP contribution >= 0.6 is 0 Å². The molecular weight excluding hydrogens is 464 g/mol. The first-order valence-electron chi connectivity index (χ1n) is 12.5. The van der Waals surface area contributed by atoms with Gasteiger partial charge in [0.1, 0.15) is 18.1 Å². The van der Waals surface area contributed by atoms with Crippen molar-refractivity contribution >= 4 is 11.8 Å². The third kappa shape index (κ3) is 5.43. The summed E-state index contributed by atoms with van der Waals surface area (Å²) in [7, 11) is 1.76. The average Bonchev–Trinajstić information content (AvgIpc) is 3.40. The molecule has 188 valence electrons. The number of carbonyl (C=O) groups is 2. The van der Waals surface area contributed by atoms with Gasteiger partial charge in [-0.15, -0.1) is 0 Å². The standard InChI is InChI=1S/C31H30N2O4/c1-22(34)33-18-17-24-13-14-26(19-28(24)30(33)25-11-7-4-8-12-25)36-21-27-15-16-29(37-27)31(35)32(2)20-23-9-5-3-6-10-23/h3-16,19,30H,17-18,20-21H2,1-2H3/t30-/m0/s1. The van der Waals surface area contributed by atoms with Gasteiger partial charge < -0.3 is 19.0 Å². The molecule has 5 rings (SSSR count). The van der Waals surface area contributed by atoms with Gasteiger partial charge in [-0.1, -0.05) is 66.7 Å². The highest BCUT2D eigenvalue weighted by molar-refractivity contribution is 5.91. The molecule has 4 aromatic rings. The van der Waals surface area contributed by atoms with Gasteiger partial charge in [-0.05, 0) is 52.9 Å². The van der Waals surface area contributed by atoms with E-state index >= 15 is 0 Å². The van der Waals surface area contributed by atoms with Gasteiger partial charge in [0.25, 0.3) is 5.91 Å². The van der Waals surface area contributed by atoms with Crippen molar-refractivity contribution in [1.82, 2.24) is 9.80 Å². The zero-order valence-corrected chi connectivity index (χ0v) is 21.1. The Bertz CT molecular complexity index is 1380. The van der Waals surface area contributed by atoms with E-state index in [-0.39, 0.29) is 30.2 Å². The van der Waals surface area contributed by atoms with E-state index in [1.807, 2.05) is 65.6 Å². The van der Waals surface area contributed by atoms with Crippen molar-refractivity contribution in [3.05, 3.63) is 125 Å². The fourth-order valence-corrected chi connectivity index (χ4v) is 4.86. The number of ether oxygens (including phenoxy) is 1. The summed E-state index contributed by atoms with van der Waals surface area (Å²) >= 11 is 0. The summed E-state index contributed by atoms with van der Waals surface area (Å²) in [5.41, 5.74) is 4.41. The van der Waals surface area contributed by atoms with Crippen LogP contribution < -0.4 is 4.74 Å². The first kappa shape index (κ1) is 24.4. The number of nitrogens with zero attached hydrogens (tertiary/aromatic N) is 2. The van der Waals surface area contributed by atoms with Gasteiger partial charge in [-0.3, -0.25) is 9.59 Å². The Kier molecular flexibility index (Phi) is 7.08. The third-order valence-corrected chi connectivity index (χ3v) is 6.73. The highest BCUT2D eigenvalue weighted by Gasteiger charge is 2.30. The maximum absolute atomic E-state index is 12.8. The van der Waals surface area contributed by atoms with Crippen molar-refractivity contribution in [2.24, 2.45) is 0 Å². The molecule has 37 heavy (non-hydrogen) atoms. The zero-order valence-electron chi connectivity index (χ0n) is 21.1. The van der Waals surface area contributed by atoms with Crippen molar-refractivity contribution in [2.45, 2.75) is 32.5 Å². The molecule has 0 radical (unpaired) electrons. The second-order valence-corrected chi connectivity index (χ2v) is 9.34. The minimum atomic E-state index is -0.182. The van der Waals surface area contributed by atoms with Gasteiger partial charge >= 0.3 is 0 Å². The number of fused-ring (bicyclic) bond motifs is 1. The molecule has 1 atom stereocenters. The van der Waals surface area contributed by atoms with E-state index in [1.54, 1.807) is 31.0 Å². The highest BCUT2D eigenvalue weighted by atomic mass is 16.5. The van der Waals surface area contributed by atoms with Gasteiger partial charge in [0.05, 0.1) is 6.04 Å². The van der Waals surface area contributed by atoms with E-state index in [1.165, 1.54) is 5.56 Å². The minimum absolute atomic E-state index is 0.0517. The van der Waals surface area contributed by atoms with Crippen LogP contribution in [0.5, 0.6) is 5.75 Å². The van der Waals surface area contributed by atoms with Crippen LogP contribution in [0.15, 0.2) is 95.4 Å². The molecule has 2 amide bonds. The van der Waals surface area contributed by atoms with Crippen LogP contribution in [0.3, 0.4) is 0 Å². The van der Waals surface area contributed by atoms with Crippen molar-refractivity contribution in [3.63, 3.8) is 0 Å². The summed E-state index contributed by atoms with van der Waals surface area (Å²) in [6, 6.07) is 29.3. The maximum atomic E-state index is 12.8. The van der Waals surface area contributed by atoms with Crippen LogP contribution in [0, 0.1) is 0 Å². The number of carbonyl (C=O) groups excluding carboxylic acids is 2. The highest BCUT2D eigenvalue weighted by Crippen LogP contribution is 2.37. The summed E-state index contributed by atoms with van der Waals surface area (Å²) in [6.45, 7) is 3.00. The van der Waals surface area contributed by atoms with Crippen molar-refractivity contribution in [2.75, 3.05) is 13.6 Å². The molecule has 0 aliphatic carbocycles. The summed E-state index contributed by atoms with van der Waals surface area (Å²) in [4.78, 5) is 28.8. The first-order valence-corrected chi connectivity index (χ1v) is 12.5. The number of benzene rings is 3. The summed E-state index contributed by atoms with van der Waals surface area (Å²) in [5.74, 6) is 1.41. The van der Waals surface area contributed by atoms with E-state index in [2.05, 4.69) is 18.2 Å². The molecule has 0 unspecified atom stereocenters. The molecule has 0 bridgehead atoms. The molecule has 2 heterocycles. The Hall–Kier alpha value is -4.32. The van der Waals surface area contributed by atoms with E-state index < -0.39 is 0 Å². The molecule has 0 saturated carbocycles. The quantitative estimate of drug-likeness (QED) is 0.334. The van der Waals surface area contributed by atoms with Gasteiger partial charge in [-0.25, -0.2) is 0 Å². The molecular formula is C31H30N2O4. The van der Waals surface area contributed by atoms with Crippen LogP contribution in [0.4, 0.5) is 0 Å². The lowest BCUT2D eigenvalue weighted by molar-refractivity contribution is -0.130. The average molecular weight is 495 g/mol. The van der Waals surface area contributed by atoms with Gasteiger partial charge in [0, 0.05) is 27.1 Å². The fraction of sp³-hybridized carbons (Fsp3) is 0.226. The molecule has 6 heteroatoms. The zero-order chi connectivity index (χ0) is 25.8. The lowest BCUT2D eigenvalue weighted by Crippen LogP contribution is -2.39. The molecule has 0 saturated heterocycles. The number of hydrogen-bond acceptors (Lipinski definition) is 4. The molecule has 1 aliphatic heterocycles. The predicted octanol–water partition coefficient (Wildman–Crippen LogP) is 5.62. The molecule has 3 aromatic carbocycles. The number of hydrogen-bond donors (Lipinski definition) is 0. The molecule has 0 spiro atoms. The lowest BCUT2D eigenvalue weighted by Gasteiger charge is -2.37. The van der Waals surface area contributed by atoms with Crippen LogP contribution in [0.2, 0.25) is 0 Å². The molecule has 6 nitrogen and oxygen atoms in total. The summed E-state index contributed by atoms with van der Waals surface area (Å²) in [6.07, 6.45) is 0.804. The largest absolute Gasteiger partial charge is 0.486 e.